The Morgan fingerprint density at radius 2 is 1.31 bits per heavy atom. The third-order valence-electron chi connectivity index (χ3n) is 2.18. The van der Waals surface area contributed by atoms with Gasteiger partial charge in [0.1, 0.15) is 11.4 Å². The number of benzene rings is 1. The normalized spacial score (nSPS) is 12.7. The molecule has 90 valence electrons. The van der Waals surface area contributed by atoms with E-state index in [9.17, 15) is 10.2 Å². The van der Waals surface area contributed by atoms with Crippen LogP contribution in [0.1, 0.15) is 27.7 Å². The van der Waals surface area contributed by atoms with Gasteiger partial charge in [0.15, 0.2) is 0 Å². The Labute approximate surface area is 105 Å². The van der Waals surface area contributed by atoms with Crippen LogP contribution in [0.5, 0.6) is 0 Å². The largest absolute Gasteiger partial charge is 0.371 e. The molecule has 0 amide bonds. The smallest absolute Gasteiger partial charge is 0.134 e. The molecule has 1 aromatic rings. The molecule has 0 unspecified atom stereocenters. The van der Waals surface area contributed by atoms with Gasteiger partial charge in [0, 0.05) is 10.2 Å². The molecule has 0 atom stereocenters. The molecular formula is C12H18BrNO2. The molecule has 1 rings (SSSR count). The minimum absolute atomic E-state index is 0.767. The van der Waals surface area contributed by atoms with Crippen LogP contribution in [0.4, 0.5) is 5.69 Å². The molecular weight excluding hydrogens is 270 g/mol. The highest BCUT2D eigenvalue weighted by Crippen LogP contribution is 2.30. The number of nitrogens with zero attached hydrogens (tertiary/aromatic N) is 1. The van der Waals surface area contributed by atoms with Crippen LogP contribution < -0.4 is 4.90 Å². The summed E-state index contributed by atoms with van der Waals surface area (Å²) in [5.41, 5.74) is -1.50. The number of aliphatic hydroxyl groups is 2. The van der Waals surface area contributed by atoms with Crippen molar-refractivity contribution in [1.29, 1.82) is 0 Å². The van der Waals surface area contributed by atoms with Gasteiger partial charge in [-0.2, -0.15) is 0 Å². The Morgan fingerprint density at radius 1 is 0.938 bits per heavy atom. The maximum atomic E-state index is 10.1. The van der Waals surface area contributed by atoms with E-state index in [-0.39, 0.29) is 0 Å². The highest BCUT2D eigenvalue weighted by Gasteiger charge is 2.34. The molecule has 0 heterocycles. The van der Waals surface area contributed by atoms with E-state index in [0.717, 1.165) is 10.2 Å². The van der Waals surface area contributed by atoms with Crippen molar-refractivity contribution >= 4 is 21.6 Å². The van der Waals surface area contributed by atoms with Crippen LogP contribution in [0.25, 0.3) is 0 Å². The van der Waals surface area contributed by atoms with Crippen molar-refractivity contribution < 1.29 is 10.2 Å². The number of halogens is 1. The Balaban J connectivity index is 3.18. The third-order valence-corrected chi connectivity index (χ3v) is 2.71. The summed E-state index contributed by atoms with van der Waals surface area (Å²) in [5, 5.41) is 20.2. The van der Waals surface area contributed by atoms with Crippen LogP contribution in [-0.4, -0.2) is 21.7 Å². The Bertz CT molecular complexity index is 335. The minimum atomic E-state index is -1.13. The van der Waals surface area contributed by atoms with Gasteiger partial charge in [0.2, 0.25) is 0 Å². The van der Waals surface area contributed by atoms with Crippen molar-refractivity contribution in [1.82, 2.24) is 0 Å². The predicted octanol–water partition coefficient (Wildman–Crippen LogP) is 2.71. The fourth-order valence-electron chi connectivity index (χ4n) is 1.89. The summed E-state index contributed by atoms with van der Waals surface area (Å²) in [5.74, 6) is 0. The van der Waals surface area contributed by atoms with Crippen LogP contribution in [0.15, 0.2) is 28.7 Å². The van der Waals surface area contributed by atoms with E-state index in [1.807, 2.05) is 24.3 Å². The average Bonchev–Trinajstić information content (AvgIpc) is 2.03. The van der Waals surface area contributed by atoms with Gasteiger partial charge in [0.25, 0.3) is 0 Å². The topological polar surface area (TPSA) is 43.7 Å². The van der Waals surface area contributed by atoms with Gasteiger partial charge in [-0.3, -0.25) is 0 Å². The zero-order chi connectivity index (χ0) is 12.6. The first kappa shape index (κ1) is 13.5. The quantitative estimate of drug-likeness (QED) is 0.840. The molecule has 0 fully saturated rings. The maximum Gasteiger partial charge on any atom is 0.134 e. The zero-order valence-electron chi connectivity index (χ0n) is 10.0. The summed E-state index contributed by atoms with van der Waals surface area (Å²) < 4.78 is 0.961. The lowest BCUT2D eigenvalue weighted by atomic mass is 10.1. The summed E-state index contributed by atoms with van der Waals surface area (Å²) in [7, 11) is 0. The van der Waals surface area contributed by atoms with Crippen molar-refractivity contribution in [2.75, 3.05) is 4.90 Å². The maximum absolute atomic E-state index is 10.1. The van der Waals surface area contributed by atoms with Crippen molar-refractivity contribution in [3.8, 4) is 0 Å². The fraction of sp³-hybridized carbons (Fsp3) is 0.500. The van der Waals surface area contributed by atoms with Gasteiger partial charge in [-0.1, -0.05) is 15.9 Å². The molecule has 0 aliphatic rings. The first-order valence-corrected chi connectivity index (χ1v) is 5.92. The number of rotatable bonds is 3. The molecule has 0 radical (unpaired) electrons. The average molecular weight is 288 g/mol. The molecule has 0 saturated heterocycles. The molecule has 16 heavy (non-hydrogen) atoms. The van der Waals surface area contributed by atoms with Crippen molar-refractivity contribution in [3.63, 3.8) is 0 Å². The molecule has 0 aromatic heterocycles. The number of anilines is 1. The molecule has 0 aliphatic heterocycles. The van der Waals surface area contributed by atoms with E-state index in [0.29, 0.717) is 0 Å². The molecule has 0 saturated carbocycles. The Kier molecular flexibility index (Phi) is 3.67. The van der Waals surface area contributed by atoms with Crippen LogP contribution in [0.2, 0.25) is 0 Å². The standard InChI is InChI=1S/C12H18BrNO2/c1-11(2,15)14(12(3,4)16)10-7-5-9(13)6-8-10/h5-8,15-16H,1-4H3. The van der Waals surface area contributed by atoms with Gasteiger partial charge in [-0.25, -0.2) is 0 Å². The second-order valence-electron chi connectivity index (χ2n) is 4.80. The van der Waals surface area contributed by atoms with Gasteiger partial charge < -0.3 is 15.1 Å². The molecule has 4 heteroatoms. The zero-order valence-corrected chi connectivity index (χ0v) is 11.6. The highest BCUT2D eigenvalue weighted by molar-refractivity contribution is 9.10. The SMILES string of the molecule is CC(C)(O)N(c1ccc(Br)cc1)C(C)(C)O. The second-order valence-corrected chi connectivity index (χ2v) is 5.72. The van der Waals surface area contributed by atoms with Gasteiger partial charge >= 0.3 is 0 Å². The van der Waals surface area contributed by atoms with Crippen LogP contribution >= 0.6 is 15.9 Å². The Hall–Kier alpha value is -0.580. The van der Waals surface area contributed by atoms with Crippen LogP contribution in [0.3, 0.4) is 0 Å². The van der Waals surface area contributed by atoms with Crippen LogP contribution in [-0.2, 0) is 0 Å². The van der Waals surface area contributed by atoms with E-state index in [1.54, 1.807) is 32.6 Å². The minimum Gasteiger partial charge on any atom is -0.371 e. The molecule has 1 aromatic carbocycles. The predicted molar refractivity (Wildman–Crippen MR) is 69.2 cm³/mol. The van der Waals surface area contributed by atoms with Crippen molar-refractivity contribution in [3.05, 3.63) is 28.7 Å². The molecule has 0 aliphatic carbocycles. The van der Waals surface area contributed by atoms with Crippen LogP contribution in [0, 0.1) is 0 Å². The lowest BCUT2D eigenvalue weighted by Gasteiger charge is -2.44. The summed E-state index contributed by atoms with van der Waals surface area (Å²) in [6.45, 7) is 6.58. The van der Waals surface area contributed by atoms with E-state index in [4.69, 9.17) is 0 Å². The third kappa shape index (κ3) is 3.20. The molecule has 3 nitrogen and oxygen atoms in total. The lowest BCUT2D eigenvalue weighted by Crippen LogP contribution is -2.56. The molecule has 0 bridgehead atoms. The lowest BCUT2D eigenvalue weighted by molar-refractivity contribution is -0.0201. The number of hydrogen-bond acceptors (Lipinski definition) is 3. The molecule has 2 N–H and O–H groups in total. The van der Waals surface area contributed by atoms with Gasteiger partial charge in [0.05, 0.1) is 0 Å². The highest BCUT2D eigenvalue weighted by atomic mass is 79.9. The van der Waals surface area contributed by atoms with Crippen molar-refractivity contribution in [2.45, 2.75) is 39.1 Å². The van der Waals surface area contributed by atoms with E-state index >= 15 is 0 Å². The van der Waals surface area contributed by atoms with Gasteiger partial charge in [-0.05, 0) is 52.0 Å². The summed E-state index contributed by atoms with van der Waals surface area (Å²) in [4.78, 5) is 1.56. The Morgan fingerprint density at radius 3 is 1.62 bits per heavy atom. The number of hydrogen-bond donors (Lipinski definition) is 2. The summed E-state index contributed by atoms with van der Waals surface area (Å²) >= 11 is 3.35. The molecule has 0 spiro atoms. The summed E-state index contributed by atoms with van der Waals surface area (Å²) in [6, 6.07) is 7.44. The first-order chi connectivity index (χ1) is 7.12. The van der Waals surface area contributed by atoms with E-state index in [2.05, 4.69) is 15.9 Å². The van der Waals surface area contributed by atoms with Crippen molar-refractivity contribution in [2.24, 2.45) is 0 Å². The summed E-state index contributed by atoms with van der Waals surface area (Å²) in [6.07, 6.45) is 0. The fourth-order valence-corrected chi connectivity index (χ4v) is 2.16. The van der Waals surface area contributed by atoms with E-state index < -0.39 is 11.4 Å². The van der Waals surface area contributed by atoms with Gasteiger partial charge in [-0.15, -0.1) is 0 Å². The van der Waals surface area contributed by atoms with E-state index in [1.165, 1.54) is 0 Å². The first-order valence-electron chi connectivity index (χ1n) is 5.13. The second kappa shape index (κ2) is 4.35. The monoisotopic (exact) mass is 287 g/mol.